The third-order valence-electron chi connectivity index (χ3n) is 3.37. The third-order valence-corrected chi connectivity index (χ3v) is 5.11. The first kappa shape index (κ1) is 14.4. The lowest BCUT2D eigenvalue weighted by atomic mass is 10.1. The van der Waals surface area contributed by atoms with E-state index in [1.165, 1.54) is 12.1 Å². The molecule has 6 heteroatoms. The lowest BCUT2D eigenvalue weighted by molar-refractivity contribution is 0.325. The molecule has 0 saturated carbocycles. The molecule has 0 amide bonds. The molecule has 2 aromatic carbocycles. The quantitative estimate of drug-likeness (QED) is 0.944. The highest BCUT2D eigenvalue weighted by atomic mass is 35.5. The van der Waals surface area contributed by atoms with Gasteiger partial charge in [-0.1, -0.05) is 29.3 Å². The third kappa shape index (κ3) is 2.90. The van der Waals surface area contributed by atoms with E-state index in [1.54, 1.807) is 12.1 Å². The van der Waals surface area contributed by atoms with E-state index in [1.807, 2.05) is 25.1 Å². The van der Waals surface area contributed by atoms with Crippen LogP contribution in [-0.4, -0.2) is 15.0 Å². The first-order chi connectivity index (χ1) is 9.95. The Hall–Kier alpha value is -1.56. The predicted octanol–water partition coefficient (Wildman–Crippen LogP) is 3.06. The van der Waals surface area contributed by atoms with E-state index >= 15 is 0 Å². The molecular formula is C15H14ClNO3S. The van der Waals surface area contributed by atoms with Crippen LogP contribution in [0.1, 0.15) is 17.2 Å². The largest absolute Gasteiger partial charge is 0.491 e. The van der Waals surface area contributed by atoms with Crippen molar-refractivity contribution >= 4 is 21.6 Å². The molecule has 21 heavy (non-hydrogen) atoms. The van der Waals surface area contributed by atoms with Crippen molar-refractivity contribution in [3.63, 3.8) is 0 Å². The highest BCUT2D eigenvalue weighted by molar-refractivity contribution is 7.89. The normalized spacial score (nSPS) is 17.3. The molecule has 1 N–H and O–H groups in total. The molecule has 0 aromatic heterocycles. The molecule has 0 saturated heterocycles. The molecule has 0 fully saturated rings. The molecule has 0 spiro atoms. The number of ether oxygens (including phenoxy) is 1. The fraction of sp³-hybridized carbons (Fsp3) is 0.200. The zero-order valence-corrected chi connectivity index (χ0v) is 12.9. The van der Waals surface area contributed by atoms with Crippen molar-refractivity contribution in [3.8, 4) is 5.75 Å². The predicted molar refractivity (Wildman–Crippen MR) is 81.2 cm³/mol. The number of hydrogen-bond acceptors (Lipinski definition) is 3. The molecule has 2 aromatic rings. The standard InChI is InChI=1S/C15H14ClNO3S/c1-10-2-7-15-13(8-10)14(9-20-15)17-21(18,19)12-5-3-11(16)4-6-12/h2-8,14,17H,9H2,1H3. The van der Waals surface area contributed by atoms with Crippen molar-refractivity contribution in [3.05, 3.63) is 58.6 Å². The number of aryl methyl sites for hydroxylation is 1. The molecule has 0 bridgehead atoms. The summed E-state index contributed by atoms with van der Waals surface area (Å²) < 4.78 is 33.0. The van der Waals surface area contributed by atoms with Gasteiger partial charge in [0, 0.05) is 10.6 Å². The maximum absolute atomic E-state index is 12.4. The Bertz CT molecular complexity index is 772. The fourth-order valence-electron chi connectivity index (χ4n) is 2.30. The lowest BCUT2D eigenvalue weighted by Gasteiger charge is -2.12. The number of rotatable bonds is 3. The Morgan fingerprint density at radius 1 is 1.19 bits per heavy atom. The Balaban J connectivity index is 1.88. The van der Waals surface area contributed by atoms with Crippen molar-refractivity contribution in [1.29, 1.82) is 0 Å². The SMILES string of the molecule is Cc1ccc2c(c1)C(NS(=O)(=O)c1ccc(Cl)cc1)CO2. The van der Waals surface area contributed by atoms with Crippen LogP contribution >= 0.6 is 11.6 Å². The summed E-state index contributed by atoms with van der Waals surface area (Å²) >= 11 is 5.78. The van der Waals surface area contributed by atoms with Gasteiger partial charge in [-0.25, -0.2) is 13.1 Å². The van der Waals surface area contributed by atoms with E-state index < -0.39 is 10.0 Å². The van der Waals surface area contributed by atoms with E-state index in [9.17, 15) is 8.42 Å². The van der Waals surface area contributed by atoms with Gasteiger partial charge in [-0.2, -0.15) is 0 Å². The van der Waals surface area contributed by atoms with Gasteiger partial charge in [0.05, 0.1) is 10.9 Å². The molecule has 3 rings (SSSR count). The van der Waals surface area contributed by atoms with Crippen LogP contribution in [0.4, 0.5) is 0 Å². The second-order valence-corrected chi connectivity index (χ2v) is 7.13. The lowest BCUT2D eigenvalue weighted by Crippen LogP contribution is -2.29. The molecular weight excluding hydrogens is 310 g/mol. The van der Waals surface area contributed by atoms with Crippen LogP contribution in [0, 0.1) is 6.92 Å². The summed E-state index contributed by atoms with van der Waals surface area (Å²) in [6.45, 7) is 2.26. The molecule has 1 unspecified atom stereocenters. The van der Waals surface area contributed by atoms with E-state index in [-0.39, 0.29) is 10.9 Å². The van der Waals surface area contributed by atoms with Crippen LogP contribution in [0.5, 0.6) is 5.75 Å². The number of sulfonamides is 1. The minimum Gasteiger partial charge on any atom is -0.491 e. The van der Waals surface area contributed by atoms with E-state index in [0.717, 1.165) is 16.9 Å². The summed E-state index contributed by atoms with van der Waals surface area (Å²) in [6.07, 6.45) is 0. The molecule has 4 nitrogen and oxygen atoms in total. The topological polar surface area (TPSA) is 55.4 Å². The van der Waals surface area contributed by atoms with E-state index in [4.69, 9.17) is 16.3 Å². The first-order valence-electron chi connectivity index (χ1n) is 6.47. The van der Waals surface area contributed by atoms with Gasteiger partial charge in [-0.05, 0) is 37.3 Å². The van der Waals surface area contributed by atoms with E-state index in [0.29, 0.717) is 11.6 Å². The average molecular weight is 324 g/mol. The minimum atomic E-state index is -3.60. The Morgan fingerprint density at radius 2 is 1.90 bits per heavy atom. The monoisotopic (exact) mass is 323 g/mol. The smallest absolute Gasteiger partial charge is 0.241 e. The average Bonchev–Trinajstić information content (AvgIpc) is 2.81. The molecule has 0 radical (unpaired) electrons. The number of nitrogens with one attached hydrogen (secondary N) is 1. The minimum absolute atomic E-state index is 0.188. The van der Waals surface area contributed by atoms with Crippen molar-refractivity contribution in [2.75, 3.05) is 6.61 Å². The highest BCUT2D eigenvalue weighted by Crippen LogP contribution is 2.33. The summed E-state index contributed by atoms with van der Waals surface area (Å²) in [6, 6.07) is 11.4. The van der Waals surface area contributed by atoms with Gasteiger partial charge in [0.2, 0.25) is 10.0 Å². The van der Waals surface area contributed by atoms with Crippen LogP contribution in [0.3, 0.4) is 0 Å². The fourth-order valence-corrected chi connectivity index (χ4v) is 3.63. The number of halogens is 1. The second kappa shape index (κ2) is 5.33. The molecule has 1 atom stereocenters. The maximum Gasteiger partial charge on any atom is 0.241 e. The second-order valence-electron chi connectivity index (χ2n) is 4.98. The van der Waals surface area contributed by atoms with Gasteiger partial charge >= 0.3 is 0 Å². The van der Waals surface area contributed by atoms with Gasteiger partial charge < -0.3 is 4.74 Å². The summed E-state index contributed by atoms with van der Waals surface area (Å²) in [5, 5.41) is 0.499. The zero-order chi connectivity index (χ0) is 15.0. The maximum atomic E-state index is 12.4. The molecule has 0 aliphatic carbocycles. The number of hydrogen-bond donors (Lipinski definition) is 1. The Kier molecular flexibility index (Phi) is 3.65. The van der Waals surface area contributed by atoms with Crippen LogP contribution in [-0.2, 0) is 10.0 Å². The van der Waals surface area contributed by atoms with Crippen LogP contribution in [0.25, 0.3) is 0 Å². The first-order valence-corrected chi connectivity index (χ1v) is 8.33. The van der Waals surface area contributed by atoms with Crippen molar-refractivity contribution in [2.45, 2.75) is 17.9 Å². The molecule has 110 valence electrons. The van der Waals surface area contributed by atoms with Gasteiger partial charge in [0.15, 0.2) is 0 Å². The highest BCUT2D eigenvalue weighted by Gasteiger charge is 2.28. The number of benzene rings is 2. The van der Waals surface area contributed by atoms with E-state index in [2.05, 4.69) is 4.72 Å². The molecule has 1 heterocycles. The van der Waals surface area contributed by atoms with Crippen molar-refractivity contribution < 1.29 is 13.2 Å². The van der Waals surface area contributed by atoms with Crippen molar-refractivity contribution in [2.24, 2.45) is 0 Å². The van der Waals surface area contributed by atoms with Gasteiger partial charge in [-0.3, -0.25) is 0 Å². The Labute approximate surface area is 128 Å². The Morgan fingerprint density at radius 3 is 2.62 bits per heavy atom. The van der Waals surface area contributed by atoms with Crippen molar-refractivity contribution in [1.82, 2.24) is 4.72 Å². The summed E-state index contributed by atoms with van der Waals surface area (Å²) in [7, 11) is -3.60. The summed E-state index contributed by atoms with van der Waals surface area (Å²) in [5.74, 6) is 0.726. The van der Waals surface area contributed by atoms with Crippen LogP contribution in [0.2, 0.25) is 5.02 Å². The molecule has 1 aliphatic heterocycles. The number of fused-ring (bicyclic) bond motifs is 1. The van der Waals surface area contributed by atoms with Gasteiger partial charge in [0.25, 0.3) is 0 Å². The summed E-state index contributed by atoms with van der Waals surface area (Å²) in [4.78, 5) is 0.188. The van der Waals surface area contributed by atoms with Gasteiger partial charge in [-0.15, -0.1) is 0 Å². The van der Waals surface area contributed by atoms with Crippen LogP contribution in [0.15, 0.2) is 47.4 Å². The summed E-state index contributed by atoms with van der Waals surface area (Å²) in [5.41, 5.74) is 1.93. The van der Waals surface area contributed by atoms with Gasteiger partial charge in [0.1, 0.15) is 12.4 Å². The zero-order valence-electron chi connectivity index (χ0n) is 11.3. The van der Waals surface area contributed by atoms with Crippen LogP contribution < -0.4 is 9.46 Å². The molecule has 1 aliphatic rings.